The van der Waals surface area contributed by atoms with Crippen molar-refractivity contribution in [3.63, 3.8) is 0 Å². The van der Waals surface area contributed by atoms with Crippen molar-refractivity contribution in [1.82, 2.24) is 0 Å². The molecule has 1 fully saturated rings. The van der Waals surface area contributed by atoms with Crippen molar-refractivity contribution >= 4 is 34.6 Å². The number of rotatable bonds is 4. The van der Waals surface area contributed by atoms with Crippen LogP contribution in [0.2, 0.25) is 10.0 Å². The smallest absolute Gasteiger partial charge is 0.0720 e. The quantitative estimate of drug-likeness (QED) is 0.801. The summed E-state index contributed by atoms with van der Waals surface area (Å²) in [6, 6.07) is 3.44. The first kappa shape index (κ1) is 11.9. The third-order valence-corrected chi connectivity index (χ3v) is 3.69. The number of anilines is 2. The molecule has 16 heavy (non-hydrogen) atoms. The van der Waals surface area contributed by atoms with Crippen LogP contribution in [0, 0.1) is 11.8 Å². The Kier molecular flexibility index (Phi) is 3.50. The second-order valence-corrected chi connectivity index (χ2v) is 5.37. The van der Waals surface area contributed by atoms with Crippen LogP contribution in [0.15, 0.2) is 12.1 Å². The molecule has 1 aromatic carbocycles. The van der Waals surface area contributed by atoms with Gasteiger partial charge in [0.15, 0.2) is 0 Å². The van der Waals surface area contributed by atoms with E-state index in [2.05, 4.69) is 12.2 Å². The molecule has 1 saturated carbocycles. The molecule has 0 amide bonds. The minimum Gasteiger partial charge on any atom is -0.399 e. The molecule has 3 N–H and O–H groups in total. The van der Waals surface area contributed by atoms with Gasteiger partial charge >= 0.3 is 0 Å². The van der Waals surface area contributed by atoms with Crippen LogP contribution in [0.25, 0.3) is 0 Å². The van der Waals surface area contributed by atoms with Crippen LogP contribution in [0.5, 0.6) is 0 Å². The molecular formula is C12H16Cl2N2. The number of nitrogen functional groups attached to an aromatic ring is 1. The van der Waals surface area contributed by atoms with E-state index >= 15 is 0 Å². The first-order valence-corrected chi connectivity index (χ1v) is 6.32. The highest BCUT2D eigenvalue weighted by atomic mass is 35.5. The van der Waals surface area contributed by atoms with Crippen LogP contribution in [0.3, 0.4) is 0 Å². The van der Waals surface area contributed by atoms with Crippen LogP contribution in [0.1, 0.15) is 19.8 Å². The molecule has 88 valence electrons. The summed E-state index contributed by atoms with van der Waals surface area (Å²) in [6.07, 6.45) is 2.71. The fraction of sp³-hybridized carbons (Fsp3) is 0.500. The Balaban J connectivity index is 2.02. The molecule has 1 aliphatic rings. The normalized spacial score (nSPS) is 17.2. The van der Waals surface area contributed by atoms with E-state index in [1.807, 2.05) is 0 Å². The van der Waals surface area contributed by atoms with E-state index in [1.165, 1.54) is 12.8 Å². The van der Waals surface area contributed by atoms with E-state index in [9.17, 15) is 0 Å². The topological polar surface area (TPSA) is 38.0 Å². The molecule has 1 unspecified atom stereocenters. The second-order valence-electron chi connectivity index (χ2n) is 4.56. The molecule has 0 heterocycles. The summed E-state index contributed by atoms with van der Waals surface area (Å²) in [6.45, 7) is 3.16. The maximum atomic E-state index is 6.09. The van der Waals surface area contributed by atoms with E-state index in [4.69, 9.17) is 28.9 Å². The van der Waals surface area contributed by atoms with Crippen LogP contribution >= 0.6 is 23.2 Å². The minimum absolute atomic E-state index is 0.591. The zero-order chi connectivity index (χ0) is 11.7. The molecule has 0 radical (unpaired) electrons. The van der Waals surface area contributed by atoms with Gasteiger partial charge in [-0.1, -0.05) is 30.1 Å². The lowest BCUT2D eigenvalue weighted by Gasteiger charge is -2.15. The Morgan fingerprint density at radius 1 is 1.38 bits per heavy atom. The molecule has 2 nitrogen and oxygen atoms in total. The lowest BCUT2D eigenvalue weighted by molar-refractivity contribution is 0.536. The van der Waals surface area contributed by atoms with Gasteiger partial charge in [0.2, 0.25) is 0 Å². The van der Waals surface area contributed by atoms with Gasteiger partial charge in [-0.2, -0.15) is 0 Å². The SMILES string of the molecule is CC(CNc1c(Cl)cc(N)cc1Cl)C1CC1. The number of nitrogens with one attached hydrogen (secondary N) is 1. The maximum absolute atomic E-state index is 6.09. The predicted octanol–water partition coefficient (Wildman–Crippen LogP) is 4.03. The lowest BCUT2D eigenvalue weighted by atomic mass is 10.1. The first-order chi connectivity index (χ1) is 7.58. The Labute approximate surface area is 106 Å². The molecule has 1 aromatic rings. The summed E-state index contributed by atoms with van der Waals surface area (Å²) in [5.41, 5.74) is 7.04. The Morgan fingerprint density at radius 3 is 2.44 bits per heavy atom. The summed E-state index contributed by atoms with van der Waals surface area (Å²) in [5, 5.41) is 4.49. The summed E-state index contributed by atoms with van der Waals surface area (Å²) >= 11 is 12.2. The van der Waals surface area contributed by atoms with E-state index in [0.29, 0.717) is 21.7 Å². The molecule has 1 aliphatic carbocycles. The third kappa shape index (κ3) is 2.74. The molecule has 0 aliphatic heterocycles. The predicted molar refractivity (Wildman–Crippen MR) is 71.3 cm³/mol. The van der Waals surface area contributed by atoms with Gasteiger partial charge in [-0.15, -0.1) is 0 Å². The van der Waals surface area contributed by atoms with E-state index < -0.39 is 0 Å². The fourth-order valence-corrected chi connectivity index (χ4v) is 2.49. The first-order valence-electron chi connectivity index (χ1n) is 5.56. The molecular weight excluding hydrogens is 243 g/mol. The highest BCUT2D eigenvalue weighted by Gasteiger charge is 2.27. The highest BCUT2D eigenvalue weighted by molar-refractivity contribution is 6.39. The van der Waals surface area contributed by atoms with Crippen LogP contribution in [0.4, 0.5) is 11.4 Å². The van der Waals surface area contributed by atoms with E-state index in [1.54, 1.807) is 12.1 Å². The molecule has 0 aromatic heterocycles. The number of nitrogens with two attached hydrogens (primary N) is 1. The largest absolute Gasteiger partial charge is 0.399 e. The van der Waals surface area contributed by atoms with Crippen LogP contribution in [-0.4, -0.2) is 6.54 Å². The second kappa shape index (κ2) is 4.72. The van der Waals surface area contributed by atoms with Crippen molar-refractivity contribution in [3.8, 4) is 0 Å². The van der Waals surface area contributed by atoms with Crippen molar-refractivity contribution in [2.24, 2.45) is 11.8 Å². The monoisotopic (exact) mass is 258 g/mol. The zero-order valence-corrected chi connectivity index (χ0v) is 10.8. The van der Waals surface area contributed by atoms with Crippen molar-refractivity contribution in [2.45, 2.75) is 19.8 Å². The van der Waals surface area contributed by atoms with E-state index in [-0.39, 0.29) is 0 Å². The maximum Gasteiger partial charge on any atom is 0.0720 e. The number of benzene rings is 1. The molecule has 0 spiro atoms. The Bertz CT molecular complexity index is 366. The van der Waals surface area contributed by atoms with E-state index in [0.717, 1.165) is 18.2 Å². The Morgan fingerprint density at radius 2 is 1.94 bits per heavy atom. The molecule has 0 saturated heterocycles. The van der Waals surface area contributed by atoms with Crippen LogP contribution < -0.4 is 11.1 Å². The number of hydrogen-bond acceptors (Lipinski definition) is 2. The van der Waals surface area contributed by atoms with Crippen molar-refractivity contribution in [3.05, 3.63) is 22.2 Å². The van der Waals surface area contributed by atoms with Crippen molar-refractivity contribution < 1.29 is 0 Å². The fourth-order valence-electron chi connectivity index (χ4n) is 1.86. The van der Waals surface area contributed by atoms with Gasteiger partial charge in [0.25, 0.3) is 0 Å². The van der Waals surface area contributed by atoms with Crippen molar-refractivity contribution in [2.75, 3.05) is 17.6 Å². The lowest BCUT2D eigenvalue weighted by Crippen LogP contribution is -2.13. The van der Waals surface area contributed by atoms with Crippen molar-refractivity contribution in [1.29, 1.82) is 0 Å². The summed E-state index contributed by atoms with van der Waals surface area (Å²) < 4.78 is 0. The van der Waals surface area contributed by atoms with Crippen LogP contribution in [-0.2, 0) is 0 Å². The molecule has 2 rings (SSSR count). The van der Waals surface area contributed by atoms with Gasteiger partial charge in [0.1, 0.15) is 0 Å². The number of halogens is 2. The Hall–Kier alpha value is -0.600. The molecule has 0 bridgehead atoms. The van der Waals surface area contributed by atoms with Gasteiger partial charge in [-0.05, 0) is 36.8 Å². The third-order valence-electron chi connectivity index (χ3n) is 3.09. The van der Waals surface area contributed by atoms with Gasteiger partial charge in [0.05, 0.1) is 15.7 Å². The molecule has 1 atom stereocenters. The average Bonchev–Trinajstić information content (AvgIpc) is 2.98. The number of hydrogen-bond donors (Lipinski definition) is 2. The zero-order valence-electron chi connectivity index (χ0n) is 9.26. The minimum atomic E-state index is 0.591. The summed E-state index contributed by atoms with van der Waals surface area (Å²) in [4.78, 5) is 0. The molecule has 4 heteroatoms. The summed E-state index contributed by atoms with van der Waals surface area (Å²) in [5.74, 6) is 1.54. The van der Waals surface area contributed by atoms with Gasteiger partial charge < -0.3 is 11.1 Å². The highest BCUT2D eigenvalue weighted by Crippen LogP contribution is 2.38. The standard InChI is InChI=1S/C12H16Cl2N2/c1-7(8-2-3-8)6-16-12-10(13)4-9(15)5-11(12)14/h4-5,7-8,16H,2-3,6,15H2,1H3. The summed E-state index contributed by atoms with van der Waals surface area (Å²) in [7, 11) is 0. The van der Waals surface area contributed by atoms with Gasteiger partial charge in [0, 0.05) is 12.2 Å². The van der Waals surface area contributed by atoms with Gasteiger partial charge in [-0.3, -0.25) is 0 Å². The van der Waals surface area contributed by atoms with Gasteiger partial charge in [-0.25, -0.2) is 0 Å². The average molecular weight is 259 g/mol.